The van der Waals surface area contributed by atoms with Crippen LogP contribution in [0.1, 0.15) is 24.5 Å². The van der Waals surface area contributed by atoms with Gasteiger partial charge in [-0.15, -0.1) is 0 Å². The van der Waals surface area contributed by atoms with Crippen molar-refractivity contribution in [1.29, 1.82) is 0 Å². The average molecular weight is 289 g/mol. The number of nitrogens with zero attached hydrogens (tertiary/aromatic N) is 2. The molecule has 0 aliphatic heterocycles. The van der Waals surface area contributed by atoms with E-state index in [9.17, 15) is 4.79 Å². The summed E-state index contributed by atoms with van der Waals surface area (Å²) in [6, 6.07) is 5.05. The van der Waals surface area contributed by atoms with E-state index in [0.29, 0.717) is 19.0 Å². The summed E-state index contributed by atoms with van der Waals surface area (Å²) in [6.45, 7) is 4.75. The number of rotatable bonds is 6. The van der Waals surface area contributed by atoms with Gasteiger partial charge in [-0.3, -0.25) is 0 Å². The summed E-state index contributed by atoms with van der Waals surface area (Å²) in [5.74, 6) is 2.10. The molecule has 0 saturated heterocycles. The van der Waals surface area contributed by atoms with E-state index in [1.165, 1.54) is 0 Å². The van der Waals surface area contributed by atoms with Crippen LogP contribution in [0.15, 0.2) is 35.0 Å². The molecule has 21 heavy (non-hydrogen) atoms. The van der Waals surface area contributed by atoms with Crippen LogP contribution in [0.3, 0.4) is 0 Å². The molecule has 112 valence electrons. The highest BCUT2D eigenvalue weighted by Crippen LogP contribution is 2.14. The number of furan rings is 1. The van der Waals surface area contributed by atoms with Gasteiger partial charge in [0.25, 0.3) is 0 Å². The highest BCUT2D eigenvalue weighted by molar-refractivity contribution is 5.74. The third-order valence-corrected chi connectivity index (χ3v) is 2.79. The summed E-state index contributed by atoms with van der Waals surface area (Å²) in [7, 11) is 0. The van der Waals surface area contributed by atoms with E-state index in [1.54, 1.807) is 18.5 Å². The first kappa shape index (κ1) is 14.8. The van der Waals surface area contributed by atoms with Crippen LogP contribution in [0.5, 0.6) is 0 Å². The molecule has 0 bridgehead atoms. The SMILES string of the molecule is Cc1ccc(C(C)NC(=O)NCCNc2ncccn2)o1. The Bertz CT molecular complexity index is 570. The van der Waals surface area contributed by atoms with E-state index in [2.05, 4.69) is 25.9 Å². The number of carbonyl (C=O) groups excluding carboxylic acids is 1. The molecule has 2 rings (SSSR count). The maximum Gasteiger partial charge on any atom is 0.315 e. The quantitative estimate of drug-likeness (QED) is 0.706. The van der Waals surface area contributed by atoms with Gasteiger partial charge in [-0.25, -0.2) is 14.8 Å². The van der Waals surface area contributed by atoms with Gasteiger partial charge in [-0.2, -0.15) is 0 Å². The van der Waals surface area contributed by atoms with Crippen LogP contribution in [-0.2, 0) is 0 Å². The van der Waals surface area contributed by atoms with E-state index in [0.717, 1.165) is 11.5 Å². The van der Waals surface area contributed by atoms with Crippen molar-refractivity contribution in [2.75, 3.05) is 18.4 Å². The number of hydrogen-bond donors (Lipinski definition) is 3. The minimum atomic E-state index is -0.243. The van der Waals surface area contributed by atoms with Crippen LogP contribution in [0, 0.1) is 6.92 Å². The van der Waals surface area contributed by atoms with Crippen molar-refractivity contribution in [1.82, 2.24) is 20.6 Å². The molecule has 0 aliphatic carbocycles. The molecule has 0 aromatic carbocycles. The molecule has 1 atom stereocenters. The summed E-state index contributed by atoms with van der Waals surface area (Å²) >= 11 is 0. The summed E-state index contributed by atoms with van der Waals surface area (Å²) in [6.07, 6.45) is 3.31. The molecule has 0 spiro atoms. The molecule has 0 saturated carbocycles. The summed E-state index contributed by atoms with van der Waals surface area (Å²) in [5.41, 5.74) is 0. The molecule has 3 N–H and O–H groups in total. The number of anilines is 1. The largest absolute Gasteiger partial charge is 0.464 e. The number of hydrogen-bond acceptors (Lipinski definition) is 5. The number of aryl methyl sites for hydroxylation is 1. The highest BCUT2D eigenvalue weighted by Gasteiger charge is 2.11. The first-order valence-corrected chi connectivity index (χ1v) is 6.77. The lowest BCUT2D eigenvalue weighted by Crippen LogP contribution is -2.39. The van der Waals surface area contributed by atoms with Crippen molar-refractivity contribution in [3.63, 3.8) is 0 Å². The van der Waals surface area contributed by atoms with Crippen LogP contribution >= 0.6 is 0 Å². The minimum Gasteiger partial charge on any atom is -0.464 e. The molecular formula is C14H19N5O2. The molecule has 1 unspecified atom stereocenters. The first-order chi connectivity index (χ1) is 10.1. The Hall–Kier alpha value is -2.57. The minimum absolute atomic E-state index is 0.177. The monoisotopic (exact) mass is 289 g/mol. The Morgan fingerprint density at radius 1 is 1.29 bits per heavy atom. The van der Waals surface area contributed by atoms with Gasteiger partial charge in [0.2, 0.25) is 5.95 Å². The summed E-state index contributed by atoms with van der Waals surface area (Å²) in [4.78, 5) is 19.8. The van der Waals surface area contributed by atoms with E-state index in [-0.39, 0.29) is 12.1 Å². The van der Waals surface area contributed by atoms with E-state index < -0.39 is 0 Å². The Kier molecular flexibility index (Phi) is 5.14. The summed E-state index contributed by atoms with van der Waals surface area (Å²) < 4.78 is 5.46. The van der Waals surface area contributed by atoms with Crippen LogP contribution in [0.4, 0.5) is 10.7 Å². The number of nitrogens with one attached hydrogen (secondary N) is 3. The Morgan fingerprint density at radius 2 is 2.05 bits per heavy atom. The normalized spacial score (nSPS) is 11.7. The molecule has 0 fully saturated rings. The Labute approximate surface area is 123 Å². The molecule has 0 aliphatic rings. The zero-order chi connectivity index (χ0) is 15.1. The van der Waals surface area contributed by atoms with Crippen LogP contribution in [-0.4, -0.2) is 29.1 Å². The van der Waals surface area contributed by atoms with Gasteiger partial charge in [0, 0.05) is 25.5 Å². The number of amides is 2. The maximum absolute atomic E-state index is 11.7. The second kappa shape index (κ2) is 7.28. The maximum atomic E-state index is 11.7. The highest BCUT2D eigenvalue weighted by atomic mass is 16.3. The van der Waals surface area contributed by atoms with Crippen molar-refractivity contribution in [2.24, 2.45) is 0 Å². The van der Waals surface area contributed by atoms with Crippen LogP contribution in [0.2, 0.25) is 0 Å². The lowest BCUT2D eigenvalue weighted by Gasteiger charge is -2.12. The topological polar surface area (TPSA) is 92.1 Å². The third-order valence-electron chi connectivity index (χ3n) is 2.79. The van der Waals surface area contributed by atoms with Gasteiger partial charge in [-0.1, -0.05) is 0 Å². The van der Waals surface area contributed by atoms with E-state index in [4.69, 9.17) is 4.42 Å². The molecular weight excluding hydrogens is 270 g/mol. The van der Waals surface area contributed by atoms with E-state index >= 15 is 0 Å². The van der Waals surface area contributed by atoms with Gasteiger partial charge in [0.15, 0.2) is 0 Å². The zero-order valence-corrected chi connectivity index (χ0v) is 12.1. The van der Waals surface area contributed by atoms with Gasteiger partial charge in [0.1, 0.15) is 11.5 Å². The molecule has 0 radical (unpaired) electrons. The first-order valence-electron chi connectivity index (χ1n) is 6.77. The van der Waals surface area contributed by atoms with Crippen molar-refractivity contribution in [3.05, 3.63) is 42.1 Å². The third kappa shape index (κ3) is 4.79. The van der Waals surface area contributed by atoms with Gasteiger partial charge >= 0.3 is 6.03 Å². The average Bonchev–Trinajstić information content (AvgIpc) is 2.91. The predicted octanol–water partition coefficient (Wildman–Crippen LogP) is 1.85. The standard InChI is InChI=1S/C14H19N5O2/c1-10-4-5-12(21-10)11(2)19-14(20)18-9-8-17-13-15-6-3-7-16-13/h3-7,11H,8-9H2,1-2H3,(H,15,16,17)(H2,18,19,20). The molecule has 2 heterocycles. The fraction of sp³-hybridized carbons (Fsp3) is 0.357. The van der Waals surface area contributed by atoms with Crippen molar-refractivity contribution in [3.8, 4) is 0 Å². The fourth-order valence-corrected chi connectivity index (χ4v) is 1.75. The van der Waals surface area contributed by atoms with Crippen molar-refractivity contribution in [2.45, 2.75) is 19.9 Å². The lowest BCUT2D eigenvalue weighted by atomic mass is 10.2. The Morgan fingerprint density at radius 3 is 2.71 bits per heavy atom. The van der Waals surface area contributed by atoms with Crippen molar-refractivity contribution >= 4 is 12.0 Å². The predicted molar refractivity (Wildman–Crippen MR) is 78.9 cm³/mol. The number of aromatic nitrogens is 2. The van der Waals surface area contributed by atoms with Crippen LogP contribution in [0.25, 0.3) is 0 Å². The lowest BCUT2D eigenvalue weighted by molar-refractivity contribution is 0.236. The van der Waals surface area contributed by atoms with Crippen molar-refractivity contribution < 1.29 is 9.21 Å². The molecule has 7 heteroatoms. The molecule has 2 aromatic rings. The summed E-state index contributed by atoms with van der Waals surface area (Å²) in [5, 5.41) is 8.56. The van der Waals surface area contributed by atoms with Gasteiger partial charge < -0.3 is 20.4 Å². The van der Waals surface area contributed by atoms with Gasteiger partial charge in [-0.05, 0) is 32.0 Å². The number of carbonyl (C=O) groups is 1. The smallest absolute Gasteiger partial charge is 0.315 e. The fourth-order valence-electron chi connectivity index (χ4n) is 1.75. The molecule has 7 nitrogen and oxygen atoms in total. The Balaban J connectivity index is 1.65. The second-order valence-corrected chi connectivity index (χ2v) is 4.57. The zero-order valence-electron chi connectivity index (χ0n) is 12.1. The molecule has 2 aromatic heterocycles. The van der Waals surface area contributed by atoms with Crippen LogP contribution < -0.4 is 16.0 Å². The van der Waals surface area contributed by atoms with E-state index in [1.807, 2.05) is 26.0 Å². The van der Waals surface area contributed by atoms with Gasteiger partial charge in [0.05, 0.1) is 6.04 Å². The second-order valence-electron chi connectivity index (χ2n) is 4.57. The number of urea groups is 1. The molecule has 2 amide bonds.